The van der Waals surface area contributed by atoms with E-state index < -0.39 is 0 Å². The zero-order valence-electron chi connectivity index (χ0n) is 11.8. The van der Waals surface area contributed by atoms with Crippen LogP contribution in [-0.2, 0) is 0 Å². The molecule has 0 N–H and O–H groups in total. The zero-order valence-corrected chi connectivity index (χ0v) is 13.4. The van der Waals surface area contributed by atoms with Gasteiger partial charge < -0.3 is 4.74 Å². The van der Waals surface area contributed by atoms with Gasteiger partial charge in [0, 0.05) is 17.4 Å². The summed E-state index contributed by atoms with van der Waals surface area (Å²) in [6, 6.07) is 3.66. The predicted molar refractivity (Wildman–Crippen MR) is 84.3 cm³/mol. The highest BCUT2D eigenvalue weighted by atomic mass is 35.5. The second-order valence-corrected chi connectivity index (χ2v) is 5.69. The van der Waals surface area contributed by atoms with Gasteiger partial charge in [-0.2, -0.15) is 0 Å². The fraction of sp³-hybridized carbons (Fsp3) is 0.214. The van der Waals surface area contributed by atoms with Crippen molar-refractivity contribution in [2.45, 2.75) is 11.9 Å². The molecule has 2 heterocycles. The Hall–Kier alpha value is -1.79. The molecule has 2 aromatic heterocycles. The molecule has 0 amide bonds. The van der Waals surface area contributed by atoms with E-state index in [9.17, 15) is 0 Å². The molecule has 0 fully saturated rings. The third-order valence-electron chi connectivity index (χ3n) is 3.20. The number of aromatic nitrogens is 4. The van der Waals surface area contributed by atoms with Crippen molar-refractivity contribution in [1.29, 1.82) is 0 Å². The SMILES string of the molecule is COc1cc(Cl)cc(C)c1-c1nnc(SC)c2nccn12. The molecule has 3 rings (SSSR count). The first-order valence-corrected chi connectivity index (χ1v) is 7.84. The second kappa shape index (κ2) is 5.54. The van der Waals surface area contributed by atoms with Gasteiger partial charge in [0.05, 0.1) is 12.7 Å². The molecular weight excluding hydrogens is 308 g/mol. The Bertz CT molecular complexity index is 818. The molecule has 0 unspecified atom stereocenters. The number of imidazole rings is 1. The van der Waals surface area contributed by atoms with Crippen molar-refractivity contribution in [3.8, 4) is 17.1 Å². The minimum absolute atomic E-state index is 0.628. The van der Waals surface area contributed by atoms with Crippen molar-refractivity contribution in [3.63, 3.8) is 0 Å². The van der Waals surface area contributed by atoms with Crippen molar-refractivity contribution >= 4 is 29.0 Å². The number of aryl methyl sites for hydroxylation is 1. The first-order chi connectivity index (χ1) is 10.2. The fourth-order valence-electron chi connectivity index (χ4n) is 2.28. The van der Waals surface area contributed by atoms with E-state index in [1.54, 1.807) is 19.4 Å². The van der Waals surface area contributed by atoms with Crippen LogP contribution < -0.4 is 4.74 Å². The Morgan fingerprint density at radius 1 is 1.29 bits per heavy atom. The first-order valence-electron chi connectivity index (χ1n) is 6.24. The average molecular weight is 321 g/mol. The van der Waals surface area contributed by atoms with E-state index >= 15 is 0 Å². The van der Waals surface area contributed by atoms with E-state index in [1.165, 1.54) is 11.8 Å². The number of rotatable bonds is 3. The molecule has 0 saturated heterocycles. The molecule has 1 aromatic carbocycles. The number of thioether (sulfide) groups is 1. The summed E-state index contributed by atoms with van der Waals surface area (Å²) >= 11 is 7.61. The van der Waals surface area contributed by atoms with Gasteiger partial charge in [0.25, 0.3) is 0 Å². The molecule has 0 aliphatic heterocycles. The minimum Gasteiger partial charge on any atom is -0.496 e. The van der Waals surface area contributed by atoms with Gasteiger partial charge in [-0.1, -0.05) is 11.6 Å². The molecule has 0 radical (unpaired) electrons. The number of methoxy groups -OCH3 is 1. The number of fused-ring (bicyclic) bond motifs is 1. The van der Waals surface area contributed by atoms with Gasteiger partial charge in [0.15, 0.2) is 16.5 Å². The van der Waals surface area contributed by atoms with Crippen LogP contribution in [0.3, 0.4) is 0 Å². The summed E-state index contributed by atoms with van der Waals surface area (Å²) in [5.41, 5.74) is 2.62. The fourth-order valence-corrected chi connectivity index (χ4v) is 3.00. The average Bonchev–Trinajstić information content (AvgIpc) is 2.95. The Kier molecular flexibility index (Phi) is 3.73. The molecule has 108 valence electrons. The largest absolute Gasteiger partial charge is 0.496 e. The van der Waals surface area contributed by atoms with Crippen LogP contribution in [0.5, 0.6) is 5.75 Å². The molecule has 0 atom stereocenters. The molecule has 3 aromatic rings. The van der Waals surface area contributed by atoms with Gasteiger partial charge in [-0.25, -0.2) is 4.98 Å². The van der Waals surface area contributed by atoms with Crippen molar-refractivity contribution in [2.75, 3.05) is 13.4 Å². The van der Waals surface area contributed by atoms with Crippen LogP contribution in [0.1, 0.15) is 5.56 Å². The van der Waals surface area contributed by atoms with E-state index in [-0.39, 0.29) is 0 Å². The van der Waals surface area contributed by atoms with E-state index in [0.29, 0.717) is 16.6 Å². The zero-order chi connectivity index (χ0) is 15.0. The maximum atomic E-state index is 6.09. The van der Waals surface area contributed by atoms with Gasteiger partial charge in [-0.15, -0.1) is 22.0 Å². The smallest absolute Gasteiger partial charge is 0.173 e. The molecule has 0 spiro atoms. The maximum Gasteiger partial charge on any atom is 0.173 e. The van der Waals surface area contributed by atoms with Crippen LogP contribution in [0.4, 0.5) is 0 Å². The number of halogens is 1. The van der Waals surface area contributed by atoms with Crippen LogP contribution >= 0.6 is 23.4 Å². The third kappa shape index (κ3) is 2.34. The van der Waals surface area contributed by atoms with Gasteiger partial charge >= 0.3 is 0 Å². The van der Waals surface area contributed by atoms with E-state index in [2.05, 4.69) is 15.2 Å². The minimum atomic E-state index is 0.628. The Morgan fingerprint density at radius 3 is 2.81 bits per heavy atom. The number of hydrogen-bond donors (Lipinski definition) is 0. The summed E-state index contributed by atoms with van der Waals surface area (Å²) in [6.07, 6.45) is 5.55. The predicted octanol–water partition coefficient (Wildman–Crippen LogP) is 3.48. The summed E-state index contributed by atoms with van der Waals surface area (Å²) in [7, 11) is 1.61. The van der Waals surface area contributed by atoms with Crippen LogP contribution in [0, 0.1) is 6.92 Å². The van der Waals surface area contributed by atoms with E-state index in [0.717, 1.165) is 21.8 Å². The normalized spacial score (nSPS) is 11.0. The highest BCUT2D eigenvalue weighted by molar-refractivity contribution is 7.98. The number of ether oxygens (including phenoxy) is 1. The van der Waals surface area contributed by atoms with Gasteiger partial charge in [-0.3, -0.25) is 4.40 Å². The van der Waals surface area contributed by atoms with Crippen molar-refractivity contribution in [1.82, 2.24) is 19.6 Å². The van der Waals surface area contributed by atoms with Crippen LogP contribution in [-0.4, -0.2) is 32.9 Å². The summed E-state index contributed by atoms with van der Waals surface area (Å²) in [4.78, 5) is 4.35. The molecule has 0 aliphatic rings. The maximum absolute atomic E-state index is 6.09. The van der Waals surface area contributed by atoms with Gasteiger partial charge in [0.2, 0.25) is 0 Å². The molecule has 0 aliphatic carbocycles. The van der Waals surface area contributed by atoms with Crippen LogP contribution in [0.15, 0.2) is 29.6 Å². The summed E-state index contributed by atoms with van der Waals surface area (Å²) in [5, 5.41) is 10.0. The Morgan fingerprint density at radius 2 is 2.10 bits per heavy atom. The Balaban J connectivity index is 2.34. The van der Waals surface area contributed by atoms with Crippen molar-refractivity contribution < 1.29 is 4.74 Å². The molecule has 5 nitrogen and oxygen atoms in total. The van der Waals surface area contributed by atoms with E-state index in [4.69, 9.17) is 16.3 Å². The lowest BCUT2D eigenvalue weighted by atomic mass is 10.1. The summed E-state index contributed by atoms with van der Waals surface area (Å²) in [6.45, 7) is 1.97. The lowest BCUT2D eigenvalue weighted by molar-refractivity contribution is 0.415. The highest BCUT2D eigenvalue weighted by Crippen LogP contribution is 2.35. The monoisotopic (exact) mass is 320 g/mol. The molecule has 0 bridgehead atoms. The topological polar surface area (TPSA) is 52.3 Å². The molecule has 0 saturated carbocycles. The Labute approximate surface area is 131 Å². The summed E-state index contributed by atoms with van der Waals surface area (Å²) < 4.78 is 7.37. The van der Waals surface area contributed by atoms with Gasteiger partial charge in [-0.05, 0) is 30.9 Å². The standard InChI is InChI=1S/C14H13ClN4OS/c1-8-6-9(15)7-10(20-2)11(8)12-17-18-14(21-3)13-16-4-5-19(12)13/h4-7H,1-3H3. The highest BCUT2D eigenvalue weighted by Gasteiger charge is 2.17. The number of hydrogen-bond acceptors (Lipinski definition) is 5. The number of nitrogens with zero attached hydrogens (tertiary/aromatic N) is 4. The molecular formula is C14H13ClN4OS. The van der Waals surface area contributed by atoms with Crippen LogP contribution in [0.25, 0.3) is 17.0 Å². The summed E-state index contributed by atoms with van der Waals surface area (Å²) in [5.74, 6) is 1.35. The lowest BCUT2D eigenvalue weighted by Crippen LogP contribution is -2.03. The molecule has 21 heavy (non-hydrogen) atoms. The van der Waals surface area contributed by atoms with Crippen molar-refractivity contribution in [2.24, 2.45) is 0 Å². The lowest BCUT2D eigenvalue weighted by Gasteiger charge is -2.13. The van der Waals surface area contributed by atoms with Crippen LogP contribution in [0.2, 0.25) is 5.02 Å². The first kappa shape index (κ1) is 14.2. The molecule has 7 heteroatoms. The number of benzene rings is 1. The van der Waals surface area contributed by atoms with Crippen molar-refractivity contribution in [3.05, 3.63) is 35.1 Å². The third-order valence-corrected chi connectivity index (χ3v) is 4.07. The van der Waals surface area contributed by atoms with E-state index in [1.807, 2.05) is 29.8 Å². The van der Waals surface area contributed by atoms with Gasteiger partial charge in [0.1, 0.15) is 5.75 Å². The second-order valence-electron chi connectivity index (χ2n) is 4.45. The quantitative estimate of drug-likeness (QED) is 0.691.